The van der Waals surface area contributed by atoms with Gasteiger partial charge in [0, 0.05) is 56.5 Å². The van der Waals surface area contributed by atoms with Gasteiger partial charge in [-0.25, -0.2) is 18.5 Å². The summed E-state index contributed by atoms with van der Waals surface area (Å²) < 4.78 is 35.7. The molecule has 1 fully saturated rings. The highest BCUT2D eigenvalue weighted by molar-refractivity contribution is 6.35. The van der Waals surface area contributed by atoms with Crippen molar-refractivity contribution < 1.29 is 56.9 Å². The van der Waals surface area contributed by atoms with E-state index >= 15 is 0 Å². The number of nitrogens with zero attached hydrogens (tertiary/aromatic N) is 3. The maximum atomic E-state index is 14.0. The second-order valence-corrected chi connectivity index (χ2v) is 12.2. The van der Waals surface area contributed by atoms with Crippen LogP contribution < -0.4 is 16.4 Å². The van der Waals surface area contributed by atoms with Gasteiger partial charge < -0.3 is 45.1 Å². The highest BCUT2D eigenvalue weighted by Gasteiger charge is 2.33. The van der Waals surface area contributed by atoms with Crippen molar-refractivity contribution in [2.45, 2.75) is 47.0 Å². The summed E-state index contributed by atoms with van der Waals surface area (Å²) in [5, 5.41) is 6.15. The summed E-state index contributed by atoms with van der Waals surface area (Å²) in [7, 11) is 1.54. The summed E-state index contributed by atoms with van der Waals surface area (Å²) in [6.07, 6.45) is 0.934. The second-order valence-electron chi connectivity index (χ2n) is 12.2. The Bertz CT molecular complexity index is 1710. The monoisotopic (exact) mass is 810 g/mol. The lowest BCUT2D eigenvalue weighted by Gasteiger charge is -2.18. The number of hydroxylamine groups is 2. The first-order chi connectivity index (χ1) is 26.4. The normalized spacial score (nSPS) is 14.0. The van der Waals surface area contributed by atoms with Crippen LogP contribution in [0.5, 0.6) is 0 Å². The van der Waals surface area contributed by atoms with Gasteiger partial charge in [0.1, 0.15) is 12.4 Å². The van der Waals surface area contributed by atoms with Gasteiger partial charge in [-0.15, -0.1) is 17.5 Å². The van der Waals surface area contributed by atoms with Gasteiger partial charge in [-0.3, -0.25) is 19.2 Å². The van der Waals surface area contributed by atoms with Gasteiger partial charge in [0.15, 0.2) is 0 Å². The van der Waals surface area contributed by atoms with Gasteiger partial charge in [-0.05, 0) is 56.8 Å². The predicted octanol–water partition coefficient (Wildman–Crippen LogP) is 2.84. The van der Waals surface area contributed by atoms with Crippen LogP contribution in [0.4, 0.5) is 14.9 Å². The minimum Gasteiger partial charge on any atom is -0.446 e. The fourth-order valence-electron chi connectivity index (χ4n) is 5.64. The molecule has 4 amide bonds. The van der Waals surface area contributed by atoms with Gasteiger partial charge in [0.25, 0.3) is 23.6 Å². The van der Waals surface area contributed by atoms with Crippen LogP contribution in [0.1, 0.15) is 66.0 Å². The molecule has 0 bridgehead atoms. The van der Waals surface area contributed by atoms with Crippen molar-refractivity contribution >= 4 is 65.4 Å². The molecule has 2 aliphatic heterocycles. The second kappa shape index (κ2) is 24.0. The number of halogens is 2. The Balaban J connectivity index is 0.000000505. The van der Waals surface area contributed by atoms with Crippen molar-refractivity contribution in [1.82, 2.24) is 19.8 Å². The van der Waals surface area contributed by atoms with Crippen LogP contribution in [0, 0.1) is 19.7 Å². The number of carbonyl (C=O) groups is 6. The molecule has 0 atom stereocenters. The van der Waals surface area contributed by atoms with Crippen LogP contribution in [-0.2, 0) is 43.0 Å². The summed E-state index contributed by atoms with van der Waals surface area (Å²) in [6.45, 7) is 12.1. The lowest BCUT2D eigenvalue weighted by atomic mass is 10.0. The molecule has 1 aromatic heterocycles. The number of hydrogen-bond donors (Lipinski definition) is 3. The molecule has 0 aliphatic carbocycles. The minimum absolute atomic E-state index is 0. The fourth-order valence-corrected chi connectivity index (χ4v) is 5.64. The number of nitrogens with two attached hydrogens (primary N) is 1. The van der Waals surface area contributed by atoms with E-state index < -0.39 is 35.6 Å². The first-order valence-corrected chi connectivity index (χ1v) is 18.0. The molecule has 56 heavy (non-hydrogen) atoms. The highest BCUT2D eigenvalue weighted by Crippen LogP contribution is 2.35. The van der Waals surface area contributed by atoms with Crippen LogP contribution in [0.25, 0.3) is 11.6 Å². The van der Waals surface area contributed by atoms with Gasteiger partial charge in [-0.2, -0.15) is 0 Å². The van der Waals surface area contributed by atoms with E-state index in [0.29, 0.717) is 78.3 Å². The van der Waals surface area contributed by atoms with E-state index in [4.69, 9.17) is 24.7 Å². The summed E-state index contributed by atoms with van der Waals surface area (Å²) in [6, 6.07) is 3.98. The van der Waals surface area contributed by atoms with E-state index in [-0.39, 0.29) is 63.0 Å². The van der Waals surface area contributed by atoms with Crippen molar-refractivity contribution in [2.24, 2.45) is 5.73 Å². The zero-order chi connectivity index (χ0) is 40.5. The number of likely N-dealkylation sites (N-methyl/N-ethyl adjacent to an activating group) is 1. The highest BCUT2D eigenvalue weighted by atomic mass is 35.5. The molecule has 2 aromatic rings. The third-order valence-corrected chi connectivity index (χ3v) is 8.56. The fraction of sp³-hybridized carbons (Fsp3) is 0.514. The average Bonchev–Trinajstić information content (AvgIpc) is 3.74. The van der Waals surface area contributed by atoms with Crippen molar-refractivity contribution in [3.05, 3.63) is 52.1 Å². The van der Waals surface area contributed by atoms with Gasteiger partial charge in [-0.1, -0.05) is 13.8 Å². The van der Waals surface area contributed by atoms with E-state index in [1.807, 2.05) is 0 Å². The van der Waals surface area contributed by atoms with Crippen molar-refractivity contribution in [2.75, 3.05) is 84.8 Å². The van der Waals surface area contributed by atoms with E-state index in [1.165, 1.54) is 28.8 Å². The molecular weight excluding hydrogens is 759 g/mol. The summed E-state index contributed by atoms with van der Waals surface area (Å²) in [4.78, 5) is 79.5. The Labute approximate surface area is 331 Å². The number of aromatic nitrogens is 1. The summed E-state index contributed by atoms with van der Waals surface area (Å²) >= 11 is 0. The van der Waals surface area contributed by atoms with Crippen LogP contribution in [-0.4, -0.2) is 130 Å². The third-order valence-electron chi connectivity index (χ3n) is 8.56. The number of imide groups is 1. The molecule has 4 N–H and O–H groups in total. The number of anilines is 1. The van der Waals surface area contributed by atoms with E-state index in [1.54, 1.807) is 21.0 Å². The number of fused-ring (bicyclic) bond motifs is 1. The van der Waals surface area contributed by atoms with Crippen LogP contribution in [0.15, 0.2) is 18.2 Å². The first kappa shape index (κ1) is 47.4. The molecule has 19 heteroatoms. The van der Waals surface area contributed by atoms with Crippen molar-refractivity contribution in [3.63, 3.8) is 0 Å². The van der Waals surface area contributed by atoms with Crippen molar-refractivity contribution in [3.8, 4) is 0 Å². The molecule has 17 nitrogen and oxygen atoms in total. The SMILES string of the molecule is CCN(CC)CCNC(=O)c1c(C)c(/C=C2\C(=O)Nc3ccc(F)cc32)n(C(=O)OCCOCCN)c1C.COCCOCCC(=O)ON1C(=O)CCC1=O.Cl. The molecule has 0 radical (unpaired) electrons. The average molecular weight is 811 g/mol. The van der Waals surface area contributed by atoms with Gasteiger partial charge in [0.2, 0.25) is 0 Å². The molecular formula is C37H52ClFN6O11. The Morgan fingerprint density at radius 2 is 1.64 bits per heavy atom. The topological polar surface area (TPSA) is 210 Å². The van der Waals surface area contributed by atoms with E-state index in [0.717, 1.165) is 13.1 Å². The Hall–Kier alpha value is -4.72. The molecule has 310 valence electrons. The molecule has 4 rings (SSSR count). The Morgan fingerprint density at radius 3 is 2.29 bits per heavy atom. The van der Waals surface area contributed by atoms with Crippen LogP contribution in [0.2, 0.25) is 0 Å². The molecule has 0 unspecified atom stereocenters. The number of ether oxygens (including phenoxy) is 4. The number of hydrogen-bond acceptors (Lipinski definition) is 13. The number of nitrogens with one attached hydrogen (secondary N) is 2. The molecule has 1 saturated heterocycles. The number of methoxy groups -OCH3 is 1. The summed E-state index contributed by atoms with van der Waals surface area (Å²) in [5.74, 6) is -2.91. The number of benzene rings is 1. The van der Waals surface area contributed by atoms with Gasteiger partial charge >= 0.3 is 12.1 Å². The lowest BCUT2D eigenvalue weighted by molar-refractivity contribution is -0.198. The molecule has 2 aliphatic rings. The van der Waals surface area contributed by atoms with E-state index in [2.05, 4.69) is 34.2 Å². The Kier molecular flexibility index (Phi) is 20.4. The number of amides is 4. The first-order valence-electron chi connectivity index (χ1n) is 18.0. The smallest absolute Gasteiger partial charge is 0.418 e. The number of carbonyl (C=O) groups excluding carboxylic acids is 6. The zero-order valence-electron chi connectivity index (χ0n) is 32.4. The van der Waals surface area contributed by atoms with Crippen LogP contribution in [0.3, 0.4) is 0 Å². The molecule has 3 heterocycles. The Morgan fingerprint density at radius 1 is 0.982 bits per heavy atom. The molecule has 1 aromatic carbocycles. The lowest BCUT2D eigenvalue weighted by Crippen LogP contribution is -2.35. The zero-order valence-corrected chi connectivity index (χ0v) is 33.2. The maximum Gasteiger partial charge on any atom is 0.418 e. The van der Waals surface area contributed by atoms with Crippen LogP contribution >= 0.6 is 12.4 Å². The maximum absolute atomic E-state index is 14.0. The summed E-state index contributed by atoms with van der Waals surface area (Å²) in [5.41, 5.74) is 7.87. The van der Waals surface area contributed by atoms with E-state index in [9.17, 15) is 33.2 Å². The minimum atomic E-state index is -0.728. The third kappa shape index (κ3) is 13.2. The quantitative estimate of drug-likeness (QED) is 0.106. The van der Waals surface area contributed by atoms with Crippen molar-refractivity contribution in [1.29, 1.82) is 0 Å². The molecule has 0 spiro atoms. The van der Waals surface area contributed by atoms with Gasteiger partial charge in [0.05, 0.1) is 56.3 Å². The predicted molar refractivity (Wildman–Crippen MR) is 205 cm³/mol. The standard InChI is InChI=1S/C27H36FN5O5.C10H15NO6.ClH/c1-5-32(6-2)11-10-30-26(35)24-17(3)23(33(18(24)4)27(36)38-14-13-37-12-9-29)16-21-20-15-19(28)7-8-22(20)31-25(21)34;1-15-6-7-16-5-4-10(14)17-11-8(12)2-3-9(11)13;/h7-8,15-16H,5-6,9-14,29H2,1-4H3,(H,30,35)(H,31,34);2-7H2,1H3;1H/b21-16-;;. The molecule has 0 saturated carbocycles. The largest absolute Gasteiger partial charge is 0.446 e. The number of rotatable bonds is 19.